The zero-order valence-corrected chi connectivity index (χ0v) is 30.4. The molecule has 0 aromatic carbocycles. The summed E-state index contributed by atoms with van der Waals surface area (Å²) in [6.45, 7) is 13.5. The van der Waals surface area contributed by atoms with Crippen molar-refractivity contribution in [2.24, 2.45) is 23.5 Å². The molecule has 0 aromatic rings. The van der Waals surface area contributed by atoms with E-state index in [0.717, 1.165) is 56.1 Å². The van der Waals surface area contributed by atoms with Crippen molar-refractivity contribution in [1.29, 1.82) is 0 Å². The quantitative estimate of drug-likeness (QED) is 0.410. The fourth-order valence-electron chi connectivity index (χ4n) is 11.3. The fourth-order valence-corrected chi connectivity index (χ4v) is 11.3. The molecule has 10 rings (SSSR count). The molecule has 284 valence electrons. The number of hydrogen-bond donors (Lipinski definition) is 2. The molecule has 0 amide bonds. The van der Waals surface area contributed by atoms with Crippen LogP contribution >= 0.6 is 0 Å². The van der Waals surface area contributed by atoms with Crippen LogP contribution in [0.2, 0.25) is 0 Å². The van der Waals surface area contributed by atoms with Crippen LogP contribution in [0.25, 0.3) is 0 Å². The predicted molar refractivity (Wildman–Crippen MR) is 185 cm³/mol. The van der Waals surface area contributed by atoms with Gasteiger partial charge in [0.15, 0.2) is 5.79 Å². The van der Waals surface area contributed by atoms with Gasteiger partial charge in [0.2, 0.25) is 0 Å². The molecule has 0 aromatic heterocycles. The summed E-state index contributed by atoms with van der Waals surface area (Å²) in [5.41, 5.74) is 8.06. The van der Waals surface area contributed by atoms with E-state index in [1.807, 2.05) is 0 Å². The van der Waals surface area contributed by atoms with Crippen molar-refractivity contribution in [3.05, 3.63) is 24.3 Å². The largest absolute Gasteiger partial charge is 0.392 e. The van der Waals surface area contributed by atoms with Gasteiger partial charge in [0.05, 0.1) is 61.0 Å². The molecular weight excluding hydrogens is 654 g/mol. The summed E-state index contributed by atoms with van der Waals surface area (Å²) in [6, 6.07) is 0. The second-order valence-corrected chi connectivity index (χ2v) is 17.6. The smallest absolute Gasteiger partial charge is 0.172 e. The molecule has 10 fully saturated rings. The average molecular weight is 714 g/mol. The predicted octanol–water partition coefficient (Wildman–Crippen LogP) is 4.06. The number of ketones is 1. The van der Waals surface area contributed by atoms with Crippen LogP contribution in [0.4, 0.5) is 0 Å². The fraction of sp³-hybridized carbons (Fsp3) is 0.875. The third-order valence-corrected chi connectivity index (χ3v) is 14.2. The van der Waals surface area contributed by atoms with E-state index in [1.165, 1.54) is 0 Å². The first-order chi connectivity index (χ1) is 24.6. The number of hydrogen-bond acceptors (Lipinski definition) is 11. The minimum Gasteiger partial charge on any atom is -0.392 e. The third kappa shape index (κ3) is 6.53. The topological polar surface area (TPSA) is 137 Å². The number of carbonyl (C=O) groups is 1. The maximum absolute atomic E-state index is 14.0. The Bertz CT molecular complexity index is 1360. The maximum atomic E-state index is 14.0. The highest BCUT2D eigenvalue weighted by Gasteiger charge is 2.68. The van der Waals surface area contributed by atoms with Crippen LogP contribution in [0.3, 0.4) is 0 Å². The van der Waals surface area contributed by atoms with E-state index in [4.69, 9.17) is 43.6 Å². The van der Waals surface area contributed by atoms with Crippen LogP contribution in [0.15, 0.2) is 24.3 Å². The first-order valence-electron chi connectivity index (χ1n) is 20.1. The van der Waals surface area contributed by atoms with Crippen molar-refractivity contribution in [3.8, 4) is 0 Å². The molecule has 10 aliphatic rings. The summed E-state index contributed by atoms with van der Waals surface area (Å²) < 4.78 is 54.0. The van der Waals surface area contributed by atoms with Crippen LogP contribution in [0.1, 0.15) is 97.3 Å². The number of carbonyl (C=O) groups excluding carboxylic acids is 1. The van der Waals surface area contributed by atoms with E-state index in [1.54, 1.807) is 0 Å². The molecule has 11 heteroatoms. The van der Waals surface area contributed by atoms with Crippen molar-refractivity contribution in [2.75, 3.05) is 6.54 Å². The molecule has 3 N–H and O–H groups in total. The molecule has 12 bridgehead atoms. The van der Waals surface area contributed by atoms with Crippen LogP contribution in [-0.2, 0) is 42.7 Å². The second-order valence-electron chi connectivity index (χ2n) is 17.6. The summed E-state index contributed by atoms with van der Waals surface area (Å²) in [5, 5.41) is 10.5. The Hall–Kier alpha value is -1.25. The molecule has 10 heterocycles. The molecule has 1 spiro atoms. The highest BCUT2D eigenvalue weighted by Crippen LogP contribution is 2.54. The number of ether oxygens (including phenoxy) is 8. The van der Waals surface area contributed by atoms with Gasteiger partial charge in [0.25, 0.3) is 0 Å². The lowest BCUT2D eigenvalue weighted by Crippen LogP contribution is -2.61. The highest BCUT2D eigenvalue weighted by atomic mass is 16.8. The van der Waals surface area contributed by atoms with Gasteiger partial charge < -0.3 is 48.7 Å². The van der Waals surface area contributed by atoms with Crippen molar-refractivity contribution < 1.29 is 47.8 Å². The van der Waals surface area contributed by atoms with Gasteiger partial charge in [-0.2, -0.15) is 0 Å². The Balaban J connectivity index is 0.986. The minimum absolute atomic E-state index is 0.00127. The summed E-state index contributed by atoms with van der Waals surface area (Å²) in [4.78, 5) is 14.0. The van der Waals surface area contributed by atoms with E-state index >= 15 is 0 Å². The van der Waals surface area contributed by atoms with Crippen LogP contribution in [0, 0.1) is 17.8 Å². The Kier molecular flexibility index (Phi) is 9.59. The zero-order valence-electron chi connectivity index (χ0n) is 30.4. The number of Topliss-reactive ketones (excluding diaryl/α,β-unsaturated/α-hetero) is 1. The number of aliphatic hydroxyl groups excluding tert-OH is 1. The molecule has 0 saturated carbocycles. The lowest BCUT2D eigenvalue weighted by Gasteiger charge is -2.47. The standard InChI is InChI=1S/C40H59NO10/c1-19-11-25-5-7-29-20(2)12-27(44-29)9-10-40-17-34-36(50-40)37-38(49-34)39(51-40)35-30(48-37)8-6-26(46-35)13-23(42)14-28-22(4)31(15-24(43)18-41)47-33(28)16-32(45-25)21(19)3/h19,22,24-39,43H,2-3,5-18,41H2,1,4H3/t19-,22-,24+,25?,26-,27?,28-,29+,30+,31-,32-,33?,34-,35+,36+,37+,38-,39+,40+/m1/s1. The molecule has 0 aliphatic carbocycles. The SMILES string of the molecule is C=C1CC2CC[C@@]34C[C@H]5O[C@H]6[C@@H](O3)[C@H]3O[C@H](CC[C@@H]3O[C@H]6[C@H]5O4)CC(=O)C[C@H]3C(C[C@H]4OC(CC[C@@H]1O2)C[C@@H](C)C4=C)O[C@H](C[C@H](O)CN)[C@@H]3C. The first kappa shape index (κ1) is 35.5. The van der Waals surface area contributed by atoms with Crippen LogP contribution in [0.5, 0.6) is 0 Å². The highest BCUT2D eigenvalue weighted by molar-refractivity contribution is 5.79. The number of nitrogens with two attached hydrogens (primary N) is 1. The van der Waals surface area contributed by atoms with Crippen molar-refractivity contribution in [2.45, 2.75) is 195 Å². The molecular formula is C40H59NO10. The van der Waals surface area contributed by atoms with Crippen molar-refractivity contribution in [1.82, 2.24) is 0 Å². The lowest BCUT2D eigenvalue weighted by molar-refractivity contribution is -0.292. The third-order valence-electron chi connectivity index (χ3n) is 14.2. The van der Waals surface area contributed by atoms with Gasteiger partial charge in [-0.25, -0.2) is 0 Å². The molecule has 0 radical (unpaired) electrons. The van der Waals surface area contributed by atoms with E-state index in [9.17, 15) is 9.90 Å². The molecule has 10 aliphatic heterocycles. The lowest BCUT2D eigenvalue weighted by atomic mass is 9.78. The molecule has 19 atom stereocenters. The summed E-state index contributed by atoms with van der Waals surface area (Å²) in [5.74, 6) is -0.222. The summed E-state index contributed by atoms with van der Waals surface area (Å²) in [7, 11) is 0. The number of rotatable bonds is 3. The Morgan fingerprint density at radius 1 is 0.765 bits per heavy atom. The van der Waals surface area contributed by atoms with E-state index in [2.05, 4.69) is 27.0 Å². The van der Waals surface area contributed by atoms with Crippen molar-refractivity contribution >= 4 is 5.78 Å². The summed E-state index contributed by atoms with van der Waals surface area (Å²) in [6.07, 6.45) is 6.43. The zero-order chi connectivity index (χ0) is 35.2. The second kappa shape index (κ2) is 13.8. The Labute approximate surface area is 302 Å². The molecule has 11 nitrogen and oxygen atoms in total. The number of aliphatic hydroxyl groups is 1. The van der Waals surface area contributed by atoms with E-state index in [-0.39, 0.29) is 110 Å². The molecule has 3 unspecified atom stereocenters. The average Bonchev–Trinajstić information content (AvgIpc) is 3.77. The van der Waals surface area contributed by atoms with E-state index < -0.39 is 11.9 Å². The normalized spacial score (nSPS) is 53.2. The van der Waals surface area contributed by atoms with Crippen LogP contribution < -0.4 is 5.73 Å². The van der Waals surface area contributed by atoms with Gasteiger partial charge in [-0.3, -0.25) is 4.79 Å². The summed E-state index contributed by atoms with van der Waals surface area (Å²) >= 11 is 0. The molecule has 51 heavy (non-hydrogen) atoms. The monoisotopic (exact) mass is 713 g/mol. The Morgan fingerprint density at radius 2 is 1.51 bits per heavy atom. The van der Waals surface area contributed by atoms with Gasteiger partial charge in [0, 0.05) is 45.1 Å². The molecule has 10 saturated heterocycles. The van der Waals surface area contributed by atoms with Gasteiger partial charge in [-0.15, -0.1) is 0 Å². The number of fused-ring (bicyclic) bond motifs is 6. The van der Waals surface area contributed by atoms with Gasteiger partial charge in [0.1, 0.15) is 36.3 Å². The van der Waals surface area contributed by atoms with Gasteiger partial charge >= 0.3 is 0 Å². The maximum Gasteiger partial charge on any atom is 0.172 e. The van der Waals surface area contributed by atoms with E-state index in [0.29, 0.717) is 44.4 Å². The Morgan fingerprint density at radius 3 is 2.35 bits per heavy atom. The van der Waals surface area contributed by atoms with Crippen molar-refractivity contribution in [3.63, 3.8) is 0 Å². The minimum atomic E-state index is -0.765. The van der Waals surface area contributed by atoms with Gasteiger partial charge in [-0.1, -0.05) is 27.0 Å². The van der Waals surface area contributed by atoms with Crippen LogP contribution in [-0.4, -0.2) is 115 Å². The first-order valence-corrected chi connectivity index (χ1v) is 20.1. The van der Waals surface area contributed by atoms with Gasteiger partial charge in [-0.05, 0) is 73.8 Å².